The Labute approximate surface area is 181 Å². The molecular weight excluding hydrogens is 431 g/mol. The molecule has 0 atom stereocenters. The minimum absolute atomic E-state index is 0.175. The molecular formula is C20H16Cl2N4O2S. The van der Waals surface area contributed by atoms with Crippen molar-refractivity contribution in [2.24, 2.45) is 4.99 Å². The molecule has 1 fully saturated rings. The van der Waals surface area contributed by atoms with E-state index in [0.717, 1.165) is 30.1 Å². The topological polar surface area (TPSA) is 67.6 Å². The van der Waals surface area contributed by atoms with E-state index in [2.05, 4.69) is 10.1 Å². The Morgan fingerprint density at radius 3 is 2.14 bits per heavy atom. The Kier molecular flexibility index (Phi) is 5.80. The van der Waals surface area contributed by atoms with Crippen LogP contribution in [0, 0.1) is 0 Å². The highest BCUT2D eigenvalue weighted by molar-refractivity contribution is 7.04. The second-order valence-corrected chi connectivity index (χ2v) is 8.31. The molecule has 148 valence electrons. The molecule has 3 aromatic rings. The number of rotatable bonds is 3. The summed E-state index contributed by atoms with van der Waals surface area (Å²) in [6.45, 7) is 1.36. The van der Waals surface area contributed by atoms with Gasteiger partial charge in [-0.2, -0.15) is 9.06 Å². The summed E-state index contributed by atoms with van der Waals surface area (Å²) in [5, 5.41) is 5.58. The van der Waals surface area contributed by atoms with Crippen molar-refractivity contribution in [2.75, 3.05) is 13.1 Å². The van der Waals surface area contributed by atoms with Gasteiger partial charge in [-0.15, -0.1) is 5.10 Å². The van der Waals surface area contributed by atoms with E-state index >= 15 is 0 Å². The van der Waals surface area contributed by atoms with Crippen molar-refractivity contribution in [1.29, 1.82) is 0 Å². The van der Waals surface area contributed by atoms with Gasteiger partial charge in [0.1, 0.15) is 0 Å². The molecule has 1 aliphatic heterocycles. The van der Waals surface area contributed by atoms with Gasteiger partial charge in [0.15, 0.2) is 10.4 Å². The van der Waals surface area contributed by atoms with Crippen LogP contribution >= 0.6 is 34.7 Å². The van der Waals surface area contributed by atoms with Crippen LogP contribution < -0.4 is 4.67 Å². The van der Waals surface area contributed by atoms with E-state index in [1.807, 2.05) is 0 Å². The van der Waals surface area contributed by atoms with Crippen LogP contribution in [-0.2, 0) is 0 Å². The Bertz CT molecular complexity index is 1110. The molecule has 0 N–H and O–H groups in total. The van der Waals surface area contributed by atoms with Gasteiger partial charge in [-0.05, 0) is 72.9 Å². The van der Waals surface area contributed by atoms with E-state index < -0.39 is 5.91 Å². The summed E-state index contributed by atoms with van der Waals surface area (Å²) in [4.78, 5) is 31.5. The van der Waals surface area contributed by atoms with E-state index in [4.69, 9.17) is 23.2 Å². The van der Waals surface area contributed by atoms with Crippen molar-refractivity contribution in [3.63, 3.8) is 0 Å². The van der Waals surface area contributed by atoms with Crippen LogP contribution in [0.1, 0.15) is 33.7 Å². The van der Waals surface area contributed by atoms with Crippen LogP contribution in [0.5, 0.6) is 0 Å². The quantitative estimate of drug-likeness (QED) is 0.604. The van der Waals surface area contributed by atoms with E-state index in [0.29, 0.717) is 28.7 Å². The SMILES string of the molecule is O=C(N=c1sn(-c2ccc(Cl)cc2)nc1C(=O)N1CCCC1)c1ccc(Cl)cc1. The first-order valence-corrected chi connectivity index (χ1v) is 10.5. The van der Waals surface area contributed by atoms with Crippen molar-refractivity contribution in [3.8, 4) is 5.69 Å². The summed E-state index contributed by atoms with van der Waals surface area (Å²) >= 11 is 13.0. The number of carbonyl (C=O) groups excluding carboxylic acids is 2. The van der Waals surface area contributed by atoms with E-state index in [9.17, 15) is 9.59 Å². The minimum Gasteiger partial charge on any atom is -0.337 e. The smallest absolute Gasteiger partial charge is 0.278 e. The molecule has 0 aliphatic carbocycles. The fourth-order valence-corrected chi connectivity index (χ4v) is 4.09. The molecule has 4 rings (SSSR count). The van der Waals surface area contributed by atoms with Gasteiger partial charge in [-0.1, -0.05) is 23.2 Å². The molecule has 29 heavy (non-hydrogen) atoms. The third-order valence-corrected chi connectivity index (χ3v) is 5.93. The predicted octanol–water partition coefficient (Wildman–Crippen LogP) is 4.22. The average Bonchev–Trinajstić information content (AvgIpc) is 3.39. The second kappa shape index (κ2) is 8.49. The molecule has 0 radical (unpaired) electrons. The lowest BCUT2D eigenvalue weighted by Crippen LogP contribution is -2.31. The third-order valence-electron chi connectivity index (χ3n) is 4.50. The fraction of sp³-hybridized carbons (Fsp3) is 0.200. The highest BCUT2D eigenvalue weighted by Gasteiger charge is 2.25. The summed E-state index contributed by atoms with van der Waals surface area (Å²) in [5.41, 5.74) is 1.30. The summed E-state index contributed by atoms with van der Waals surface area (Å²) in [6, 6.07) is 13.5. The summed E-state index contributed by atoms with van der Waals surface area (Å²) in [7, 11) is 0. The van der Waals surface area contributed by atoms with E-state index in [-0.39, 0.29) is 16.3 Å². The monoisotopic (exact) mass is 446 g/mol. The largest absolute Gasteiger partial charge is 0.337 e. The average molecular weight is 447 g/mol. The maximum Gasteiger partial charge on any atom is 0.278 e. The van der Waals surface area contributed by atoms with Gasteiger partial charge in [-0.3, -0.25) is 9.59 Å². The van der Waals surface area contributed by atoms with Gasteiger partial charge in [0.25, 0.3) is 11.8 Å². The number of likely N-dealkylation sites (tertiary alicyclic amines) is 1. The van der Waals surface area contributed by atoms with Crippen LogP contribution in [0.15, 0.2) is 53.5 Å². The predicted molar refractivity (Wildman–Crippen MR) is 113 cm³/mol. The lowest BCUT2D eigenvalue weighted by Gasteiger charge is -2.12. The Morgan fingerprint density at radius 2 is 1.52 bits per heavy atom. The molecule has 2 aromatic carbocycles. The van der Waals surface area contributed by atoms with Crippen LogP contribution in [0.25, 0.3) is 5.69 Å². The molecule has 0 spiro atoms. The number of hydrogen-bond donors (Lipinski definition) is 0. The van der Waals surface area contributed by atoms with Gasteiger partial charge in [0.05, 0.1) is 5.69 Å². The van der Waals surface area contributed by atoms with Gasteiger partial charge < -0.3 is 4.90 Å². The summed E-state index contributed by atoms with van der Waals surface area (Å²) in [6.07, 6.45) is 1.92. The third kappa shape index (κ3) is 4.42. The summed E-state index contributed by atoms with van der Waals surface area (Å²) < 4.78 is 1.85. The fourth-order valence-electron chi connectivity index (χ4n) is 2.99. The van der Waals surface area contributed by atoms with Gasteiger partial charge in [-0.25, -0.2) is 0 Å². The van der Waals surface area contributed by atoms with E-state index in [1.165, 1.54) is 0 Å². The second-order valence-electron chi connectivity index (χ2n) is 6.52. The zero-order chi connectivity index (χ0) is 20.4. The van der Waals surface area contributed by atoms with Gasteiger partial charge in [0.2, 0.25) is 0 Å². The Morgan fingerprint density at radius 1 is 0.931 bits per heavy atom. The maximum absolute atomic E-state index is 13.0. The van der Waals surface area contributed by atoms with Crippen LogP contribution in [0.3, 0.4) is 0 Å². The lowest BCUT2D eigenvalue weighted by atomic mass is 10.2. The maximum atomic E-state index is 13.0. The zero-order valence-corrected chi connectivity index (χ0v) is 17.5. The van der Waals surface area contributed by atoms with Crippen molar-refractivity contribution in [2.45, 2.75) is 12.8 Å². The molecule has 1 saturated heterocycles. The highest BCUT2D eigenvalue weighted by Crippen LogP contribution is 2.16. The number of halogens is 2. The highest BCUT2D eigenvalue weighted by atomic mass is 35.5. The number of hydrogen-bond acceptors (Lipinski definition) is 4. The van der Waals surface area contributed by atoms with Crippen LogP contribution in [0.4, 0.5) is 0 Å². The van der Waals surface area contributed by atoms with Crippen molar-refractivity contribution in [1.82, 2.24) is 14.1 Å². The van der Waals surface area contributed by atoms with Crippen LogP contribution in [-0.4, -0.2) is 39.0 Å². The molecule has 0 unspecified atom stereocenters. The lowest BCUT2D eigenvalue weighted by molar-refractivity contribution is 0.0785. The number of carbonyl (C=O) groups is 2. The van der Waals surface area contributed by atoms with Crippen LogP contribution in [0.2, 0.25) is 10.0 Å². The molecule has 9 heteroatoms. The minimum atomic E-state index is -0.455. The van der Waals surface area contributed by atoms with Crippen molar-refractivity contribution >= 4 is 46.5 Å². The molecule has 0 bridgehead atoms. The first kappa shape index (κ1) is 19.8. The Hall–Kier alpha value is -2.48. The first-order chi connectivity index (χ1) is 14.0. The number of nitrogens with zero attached hydrogens (tertiary/aromatic N) is 4. The molecule has 0 saturated carbocycles. The molecule has 2 amide bonds. The van der Waals surface area contributed by atoms with Crippen molar-refractivity contribution in [3.05, 3.63) is 74.5 Å². The van der Waals surface area contributed by atoms with Gasteiger partial charge >= 0.3 is 0 Å². The first-order valence-electron chi connectivity index (χ1n) is 9.02. The van der Waals surface area contributed by atoms with Crippen molar-refractivity contribution < 1.29 is 9.59 Å². The molecule has 1 aromatic heterocycles. The van der Waals surface area contributed by atoms with E-state index in [1.54, 1.807) is 57.5 Å². The molecule has 1 aliphatic rings. The number of amides is 2. The summed E-state index contributed by atoms with van der Waals surface area (Å²) in [5.74, 6) is -0.668. The van der Waals surface area contributed by atoms with Gasteiger partial charge in [0, 0.05) is 28.7 Å². The number of aromatic nitrogens is 2. The Balaban J connectivity index is 1.77. The zero-order valence-electron chi connectivity index (χ0n) is 15.2. The molecule has 2 heterocycles. The number of benzene rings is 2. The molecule has 6 nitrogen and oxygen atoms in total. The standard InChI is InChI=1S/C20H16Cl2N4O2S/c21-14-5-3-13(4-6-14)18(27)23-19-17(20(28)25-11-1-2-12-25)24-26(29-19)16-9-7-15(22)8-10-16/h3-10H,1-2,11-12H2. The normalized spacial score (nSPS) is 14.4.